The number of carbonyl (C=O) groups excluding carboxylic acids is 1. The minimum atomic E-state index is -0.675. The maximum absolute atomic E-state index is 11.4. The van der Waals surface area contributed by atoms with Crippen LogP contribution in [0.1, 0.15) is 26.7 Å². The van der Waals surface area contributed by atoms with Gasteiger partial charge in [-0.3, -0.25) is 4.79 Å². The van der Waals surface area contributed by atoms with E-state index >= 15 is 0 Å². The van der Waals surface area contributed by atoms with Crippen LogP contribution in [0, 0.1) is 0 Å². The van der Waals surface area contributed by atoms with Crippen molar-refractivity contribution in [2.75, 3.05) is 13.1 Å². The molecule has 4 nitrogen and oxygen atoms in total. The number of aliphatic hydroxyl groups is 1. The zero-order valence-corrected chi connectivity index (χ0v) is 8.29. The predicted octanol–water partition coefficient (Wildman–Crippen LogP) is -0.293. The molecule has 1 fully saturated rings. The van der Waals surface area contributed by atoms with Gasteiger partial charge in [0.15, 0.2) is 0 Å². The van der Waals surface area contributed by atoms with Crippen molar-refractivity contribution in [1.82, 2.24) is 4.90 Å². The Morgan fingerprint density at radius 1 is 1.69 bits per heavy atom. The standard InChI is InChI=1S/C9H18N2O2/c1-3-7(10)4-8(12)11-5-9(2,13)6-11/h7,13H,3-6,10H2,1-2H3. The van der Waals surface area contributed by atoms with E-state index in [1.165, 1.54) is 0 Å². The predicted molar refractivity (Wildman–Crippen MR) is 50.1 cm³/mol. The molecule has 0 radical (unpaired) electrons. The molecule has 1 rings (SSSR count). The monoisotopic (exact) mass is 186 g/mol. The molecule has 4 heteroatoms. The van der Waals surface area contributed by atoms with Crippen molar-refractivity contribution in [3.05, 3.63) is 0 Å². The first-order chi connectivity index (χ1) is 5.94. The summed E-state index contributed by atoms with van der Waals surface area (Å²) in [6.45, 7) is 4.59. The third-order valence-electron chi connectivity index (χ3n) is 2.38. The molecule has 0 aliphatic carbocycles. The summed E-state index contributed by atoms with van der Waals surface area (Å²) in [7, 11) is 0. The summed E-state index contributed by atoms with van der Waals surface area (Å²) in [6.07, 6.45) is 1.21. The Balaban J connectivity index is 2.27. The highest BCUT2D eigenvalue weighted by atomic mass is 16.3. The number of carbonyl (C=O) groups is 1. The Hall–Kier alpha value is -0.610. The first kappa shape index (κ1) is 10.5. The van der Waals surface area contributed by atoms with Crippen LogP contribution in [0.25, 0.3) is 0 Å². The van der Waals surface area contributed by atoms with Crippen molar-refractivity contribution >= 4 is 5.91 Å². The van der Waals surface area contributed by atoms with Gasteiger partial charge < -0.3 is 15.7 Å². The van der Waals surface area contributed by atoms with E-state index in [0.717, 1.165) is 6.42 Å². The number of β-amino-alcohol motifs (C(OH)–C–C–N with tert-alkyl or cyclic N) is 1. The van der Waals surface area contributed by atoms with E-state index in [9.17, 15) is 9.90 Å². The summed E-state index contributed by atoms with van der Waals surface area (Å²) in [6, 6.07) is -0.0435. The number of rotatable bonds is 3. The molecular weight excluding hydrogens is 168 g/mol. The lowest BCUT2D eigenvalue weighted by atomic mass is 9.96. The minimum Gasteiger partial charge on any atom is -0.386 e. The molecule has 1 heterocycles. The van der Waals surface area contributed by atoms with E-state index in [1.54, 1.807) is 11.8 Å². The Bertz CT molecular complexity index is 196. The fourth-order valence-electron chi connectivity index (χ4n) is 1.45. The van der Waals surface area contributed by atoms with Crippen molar-refractivity contribution in [3.63, 3.8) is 0 Å². The Morgan fingerprint density at radius 3 is 2.62 bits per heavy atom. The van der Waals surface area contributed by atoms with Gasteiger partial charge in [0.25, 0.3) is 0 Å². The average molecular weight is 186 g/mol. The summed E-state index contributed by atoms with van der Waals surface area (Å²) < 4.78 is 0. The van der Waals surface area contributed by atoms with Gasteiger partial charge in [-0.15, -0.1) is 0 Å². The van der Waals surface area contributed by atoms with Gasteiger partial charge in [0.1, 0.15) is 0 Å². The first-order valence-corrected chi connectivity index (χ1v) is 4.70. The zero-order chi connectivity index (χ0) is 10.1. The van der Waals surface area contributed by atoms with Crippen LogP contribution in [-0.2, 0) is 4.79 Å². The lowest BCUT2D eigenvalue weighted by molar-refractivity contribution is -0.152. The van der Waals surface area contributed by atoms with E-state index in [1.807, 2.05) is 6.92 Å². The molecule has 3 N–H and O–H groups in total. The molecule has 1 aliphatic heterocycles. The lowest BCUT2D eigenvalue weighted by Crippen LogP contribution is -2.62. The fraction of sp³-hybridized carbons (Fsp3) is 0.889. The van der Waals surface area contributed by atoms with Crippen LogP contribution < -0.4 is 5.73 Å². The highest BCUT2D eigenvalue weighted by Crippen LogP contribution is 2.20. The second-order valence-electron chi connectivity index (χ2n) is 4.12. The maximum Gasteiger partial charge on any atom is 0.224 e. The maximum atomic E-state index is 11.4. The van der Waals surface area contributed by atoms with Gasteiger partial charge in [-0.1, -0.05) is 6.92 Å². The molecule has 0 bridgehead atoms. The number of amides is 1. The van der Waals surface area contributed by atoms with Crippen LogP contribution in [0.2, 0.25) is 0 Å². The quantitative estimate of drug-likeness (QED) is 0.636. The number of nitrogens with zero attached hydrogens (tertiary/aromatic N) is 1. The molecule has 1 amide bonds. The third kappa shape index (κ3) is 2.67. The van der Waals surface area contributed by atoms with Crippen molar-refractivity contribution < 1.29 is 9.90 Å². The summed E-state index contributed by atoms with van der Waals surface area (Å²) in [5.41, 5.74) is 4.97. The number of hydrogen-bond donors (Lipinski definition) is 2. The van der Waals surface area contributed by atoms with Crippen LogP contribution in [0.15, 0.2) is 0 Å². The second kappa shape index (κ2) is 3.64. The second-order valence-corrected chi connectivity index (χ2v) is 4.12. The largest absolute Gasteiger partial charge is 0.386 e. The van der Waals surface area contributed by atoms with Crippen molar-refractivity contribution in [3.8, 4) is 0 Å². The lowest BCUT2D eigenvalue weighted by Gasteiger charge is -2.44. The number of hydrogen-bond acceptors (Lipinski definition) is 3. The van der Waals surface area contributed by atoms with Gasteiger partial charge in [-0.2, -0.15) is 0 Å². The van der Waals surface area contributed by atoms with Crippen LogP contribution in [0.4, 0.5) is 0 Å². The van der Waals surface area contributed by atoms with Gasteiger partial charge >= 0.3 is 0 Å². The number of likely N-dealkylation sites (tertiary alicyclic amines) is 1. The van der Waals surface area contributed by atoms with Crippen LogP contribution in [-0.4, -0.2) is 40.6 Å². The molecule has 0 aromatic heterocycles. The molecule has 1 aliphatic rings. The molecule has 13 heavy (non-hydrogen) atoms. The zero-order valence-electron chi connectivity index (χ0n) is 8.29. The van der Waals surface area contributed by atoms with Gasteiger partial charge in [-0.05, 0) is 13.3 Å². The Labute approximate surface area is 78.7 Å². The molecule has 0 aromatic rings. The summed E-state index contributed by atoms with van der Waals surface area (Å²) in [4.78, 5) is 13.1. The van der Waals surface area contributed by atoms with E-state index < -0.39 is 5.60 Å². The smallest absolute Gasteiger partial charge is 0.224 e. The van der Waals surface area contributed by atoms with Gasteiger partial charge in [0, 0.05) is 12.5 Å². The average Bonchev–Trinajstić information content (AvgIpc) is 1.99. The van der Waals surface area contributed by atoms with E-state index in [0.29, 0.717) is 19.5 Å². The Morgan fingerprint density at radius 2 is 2.23 bits per heavy atom. The van der Waals surface area contributed by atoms with E-state index in [-0.39, 0.29) is 11.9 Å². The van der Waals surface area contributed by atoms with Crippen molar-refractivity contribution in [1.29, 1.82) is 0 Å². The van der Waals surface area contributed by atoms with Crippen LogP contribution >= 0.6 is 0 Å². The molecule has 0 spiro atoms. The Kier molecular flexibility index (Phi) is 2.93. The van der Waals surface area contributed by atoms with Crippen LogP contribution in [0.5, 0.6) is 0 Å². The molecule has 76 valence electrons. The van der Waals surface area contributed by atoms with Gasteiger partial charge in [-0.25, -0.2) is 0 Å². The molecule has 0 saturated carbocycles. The third-order valence-corrected chi connectivity index (χ3v) is 2.38. The molecule has 0 aromatic carbocycles. The molecular formula is C9H18N2O2. The summed E-state index contributed by atoms with van der Waals surface area (Å²) in [5, 5.41) is 9.40. The van der Waals surface area contributed by atoms with Crippen molar-refractivity contribution in [2.24, 2.45) is 5.73 Å². The minimum absolute atomic E-state index is 0.0435. The molecule has 1 atom stereocenters. The van der Waals surface area contributed by atoms with Crippen LogP contribution in [0.3, 0.4) is 0 Å². The van der Waals surface area contributed by atoms with E-state index in [2.05, 4.69) is 0 Å². The van der Waals surface area contributed by atoms with E-state index in [4.69, 9.17) is 5.73 Å². The summed E-state index contributed by atoms with van der Waals surface area (Å²) >= 11 is 0. The molecule has 1 saturated heterocycles. The first-order valence-electron chi connectivity index (χ1n) is 4.70. The molecule has 1 unspecified atom stereocenters. The number of nitrogens with two attached hydrogens (primary N) is 1. The highest BCUT2D eigenvalue weighted by Gasteiger charge is 2.39. The normalized spacial score (nSPS) is 22.3. The van der Waals surface area contributed by atoms with Gasteiger partial charge in [0.05, 0.1) is 18.7 Å². The summed E-state index contributed by atoms with van der Waals surface area (Å²) in [5.74, 6) is 0.0564. The topological polar surface area (TPSA) is 66.6 Å². The van der Waals surface area contributed by atoms with Gasteiger partial charge in [0.2, 0.25) is 5.91 Å². The highest BCUT2D eigenvalue weighted by molar-refractivity contribution is 5.78. The SMILES string of the molecule is CCC(N)CC(=O)N1CC(C)(O)C1. The van der Waals surface area contributed by atoms with Crippen molar-refractivity contribution in [2.45, 2.75) is 38.3 Å². The fourth-order valence-corrected chi connectivity index (χ4v) is 1.45.